The fraction of sp³-hybridized carbons (Fsp3) is 0.273. The second-order valence-corrected chi connectivity index (χ2v) is 8.20. The fourth-order valence-electron chi connectivity index (χ4n) is 2.64. The van der Waals surface area contributed by atoms with Crippen LogP contribution in [0.2, 0.25) is 0 Å². The van der Waals surface area contributed by atoms with Crippen molar-refractivity contribution in [2.24, 2.45) is 5.10 Å². The molecule has 8 nitrogen and oxygen atoms in total. The normalized spacial score (nSPS) is 13.0. The summed E-state index contributed by atoms with van der Waals surface area (Å²) in [5.41, 5.74) is 5.45. The van der Waals surface area contributed by atoms with Crippen LogP contribution in [-0.2, 0) is 14.4 Å². The standard InChI is InChI=1S/C22H23BrN4O4/c1-13-3-4-14(2)18(9-13)26-20(28)12-31-19-8-5-16(23)10-15(19)11-24-27-22(30)21(29)25-17-6-7-17/h3-5,8-11,17H,6-7,12H2,1-2H3,(H,25,29)(H,26,28)(H,27,30)/b24-11-. The maximum absolute atomic E-state index is 12.3. The van der Waals surface area contributed by atoms with E-state index in [0.717, 1.165) is 34.1 Å². The molecule has 2 aromatic carbocycles. The van der Waals surface area contributed by atoms with Crippen LogP contribution in [0.3, 0.4) is 0 Å². The zero-order valence-corrected chi connectivity index (χ0v) is 18.8. The van der Waals surface area contributed by atoms with Gasteiger partial charge in [0.25, 0.3) is 5.91 Å². The molecule has 0 unspecified atom stereocenters. The molecule has 1 saturated carbocycles. The van der Waals surface area contributed by atoms with E-state index < -0.39 is 11.8 Å². The van der Waals surface area contributed by atoms with Crippen molar-refractivity contribution in [3.05, 3.63) is 57.6 Å². The number of benzene rings is 2. The third kappa shape index (κ3) is 6.92. The summed E-state index contributed by atoms with van der Waals surface area (Å²) in [6.07, 6.45) is 3.13. The lowest BCUT2D eigenvalue weighted by Gasteiger charge is -2.12. The highest BCUT2D eigenvalue weighted by Crippen LogP contribution is 2.22. The van der Waals surface area contributed by atoms with Crippen LogP contribution in [0.5, 0.6) is 5.75 Å². The van der Waals surface area contributed by atoms with Crippen LogP contribution in [0.4, 0.5) is 5.69 Å². The molecule has 0 heterocycles. The number of aryl methyl sites for hydroxylation is 2. The van der Waals surface area contributed by atoms with E-state index in [1.54, 1.807) is 18.2 Å². The Labute approximate surface area is 188 Å². The van der Waals surface area contributed by atoms with Crippen molar-refractivity contribution in [3.63, 3.8) is 0 Å². The highest BCUT2D eigenvalue weighted by atomic mass is 79.9. The second-order valence-electron chi connectivity index (χ2n) is 7.28. The molecule has 162 valence electrons. The molecular weight excluding hydrogens is 464 g/mol. The Morgan fingerprint density at radius 1 is 1.13 bits per heavy atom. The number of carbonyl (C=O) groups excluding carboxylic acids is 3. The number of hydrogen-bond donors (Lipinski definition) is 3. The van der Waals surface area contributed by atoms with Gasteiger partial charge in [-0.05, 0) is 62.1 Å². The van der Waals surface area contributed by atoms with Crippen molar-refractivity contribution in [1.82, 2.24) is 10.7 Å². The zero-order valence-electron chi connectivity index (χ0n) is 17.2. The molecule has 31 heavy (non-hydrogen) atoms. The van der Waals surface area contributed by atoms with Gasteiger partial charge in [0.15, 0.2) is 6.61 Å². The number of amides is 3. The van der Waals surface area contributed by atoms with Crippen molar-refractivity contribution in [1.29, 1.82) is 0 Å². The minimum absolute atomic E-state index is 0.0852. The summed E-state index contributed by atoms with van der Waals surface area (Å²) in [6.45, 7) is 3.66. The lowest BCUT2D eigenvalue weighted by atomic mass is 10.1. The van der Waals surface area contributed by atoms with Gasteiger partial charge in [0, 0.05) is 21.8 Å². The van der Waals surface area contributed by atoms with Gasteiger partial charge >= 0.3 is 11.8 Å². The highest BCUT2D eigenvalue weighted by Gasteiger charge is 2.26. The summed E-state index contributed by atoms with van der Waals surface area (Å²) in [4.78, 5) is 35.7. The number of hydrogen-bond acceptors (Lipinski definition) is 5. The molecule has 1 aliphatic rings. The molecule has 2 aromatic rings. The van der Waals surface area contributed by atoms with Crippen LogP contribution in [0.1, 0.15) is 29.5 Å². The predicted octanol–water partition coefficient (Wildman–Crippen LogP) is 2.81. The Morgan fingerprint density at radius 2 is 1.90 bits per heavy atom. The van der Waals surface area contributed by atoms with Gasteiger partial charge in [-0.15, -0.1) is 0 Å². The van der Waals surface area contributed by atoms with Gasteiger partial charge < -0.3 is 15.4 Å². The average Bonchev–Trinajstić information content (AvgIpc) is 3.54. The Kier molecular flexibility index (Phi) is 7.41. The Bertz CT molecular complexity index is 1030. The van der Waals surface area contributed by atoms with Crippen LogP contribution in [0.15, 0.2) is 46.0 Å². The number of carbonyl (C=O) groups is 3. The van der Waals surface area contributed by atoms with Crippen LogP contribution < -0.4 is 20.8 Å². The number of hydrazone groups is 1. The first kappa shape index (κ1) is 22.5. The Hall–Kier alpha value is -3.20. The van der Waals surface area contributed by atoms with Gasteiger partial charge in [-0.2, -0.15) is 5.10 Å². The van der Waals surface area contributed by atoms with E-state index in [1.165, 1.54) is 6.21 Å². The quantitative estimate of drug-likeness (QED) is 0.317. The topological polar surface area (TPSA) is 109 Å². The SMILES string of the molecule is Cc1ccc(C)c(NC(=O)COc2ccc(Br)cc2/C=N\NC(=O)C(=O)NC2CC2)c1. The summed E-state index contributed by atoms with van der Waals surface area (Å²) < 4.78 is 6.41. The number of nitrogens with one attached hydrogen (secondary N) is 3. The van der Waals surface area contributed by atoms with Gasteiger partial charge in [0.1, 0.15) is 5.75 Å². The van der Waals surface area contributed by atoms with E-state index in [4.69, 9.17) is 4.74 Å². The number of halogens is 1. The molecule has 0 aromatic heterocycles. The Balaban J connectivity index is 1.58. The smallest absolute Gasteiger partial charge is 0.329 e. The van der Waals surface area contributed by atoms with E-state index in [9.17, 15) is 14.4 Å². The monoisotopic (exact) mass is 486 g/mol. The first-order valence-electron chi connectivity index (χ1n) is 9.75. The molecule has 0 radical (unpaired) electrons. The first-order chi connectivity index (χ1) is 14.8. The minimum Gasteiger partial charge on any atom is -0.483 e. The van der Waals surface area contributed by atoms with Gasteiger partial charge in [-0.3, -0.25) is 14.4 Å². The number of rotatable bonds is 7. The zero-order chi connectivity index (χ0) is 22.4. The summed E-state index contributed by atoms with van der Waals surface area (Å²) in [5, 5.41) is 9.24. The summed E-state index contributed by atoms with van der Waals surface area (Å²) in [6, 6.07) is 11.1. The average molecular weight is 487 g/mol. The van der Waals surface area contributed by atoms with E-state index in [-0.39, 0.29) is 18.6 Å². The van der Waals surface area contributed by atoms with E-state index in [2.05, 4.69) is 37.1 Å². The molecule has 0 spiro atoms. The van der Waals surface area contributed by atoms with Gasteiger partial charge in [0.2, 0.25) is 0 Å². The molecule has 3 N–H and O–H groups in total. The Morgan fingerprint density at radius 3 is 2.65 bits per heavy atom. The minimum atomic E-state index is -0.839. The van der Waals surface area contributed by atoms with Crippen molar-refractivity contribution in [2.75, 3.05) is 11.9 Å². The van der Waals surface area contributed by atoms with Gasteiger partial charge in [0.05, 0.1) is 6.21 Å². The van der Waals surface area contributed by atoms with Crippen molar-refractivity contribution < 1.29 is 19.1 Å². The summed E-state index contributed by atoms with van der Waals surface area (Å²) in [7, 11) is 0. The summed E-state index contributed by atoms with van der Waals surface area (Å²) >= 11 is 3.37. The number of nitrogens with zero attached hydrogens (tertiary/aromatic N) is 1. The third-order valence-electron chi connectivity index (χ3n) is 4.49. The van der Waals surface area contributed by atoms with Crippen LogP contribution in [0, 0.1) is 13.8 Å². The van der Waals surface area contributed by atoms with E-state index in [0.29, 0.717) is 11.3 Å². The molecule has 0 saturated heterocycles. The largest absolute Gasteiger partial charge is 0.483 e. The van der Waals surface area contributed by atoms with Crippen molar-refractivity contribution in [2.45, 2.75) is 32.7 Å². The van der Waals surface area contributed by atoms with Crippen LogP contribution in [0.25, 0.3) is 0 Å². The highest BCUT2D eigenvalue weighted by molar-refractivity contribution is 9.10. The molecule has 1 aliphatic carbocycles. The first-order valence-corrected chi connectivity index (χ1v) is 10.5. The lowest BCUT2D eigenvalue weighted by molar-refractivity contribution is -0.139. The molecular formula is C22H23BrN4O4. The molecule has 9 heteroatoms. The lowest BCUT2D eigenvalue weighted by Crippen LogP contribution is -2.38. The maximum atomic E-state index is 12.3. The maximum Gasteiger partial charge on any atom is 0.329 e. The van der Waals surface area contributed by atoms with Gasteiger partial charge in [-0.1, -0.05) is 28.1 Å². The van der Waals surface area contributed by atoms with Crippen molar-refractivity contribution >= 4 is 45.6 Å². The molecule has 0 atom stereocenters. The fourth-order valence-corrected chi connectivity index (χ4v) is 3.02. The van der Waals surface area contributed by atoms with Gasteiger partial charge in [-0.25, -0.2) is 5.43 Å². The van der Waals surface area contributed by atoms with E-state index >= 15 is 0 Å². The van der Waals surface area contributed by atoms with Crippen LogP contribution in [-0.4, -0.2) is 36.6 Å². The number of anilines is 1. The molecule has 0 aliphatic heterocycles. The molecule has 1 fully saturated rings. The van der Waals surface area contributed by atoms with E-state index in [1.807, 2.05) is 32.0 Å². The van der Waals surface area contributed by atoms with Crippen LogP contribution >= 0.6 is 15.9 Å². The number of ether oxygens (including phenoxy) is 1. The molecule has 3 rings (SSSR count). The summed E-state index contributed by atoms with van der Waals surface area (Å²) in [5.74, 6) is -1.45. The molecule has 3 amide bonds. The predicted molar refractivity (Wildman–Crippen MR) is 121 cm³/mol. The second kappa shape index (κ2) is 10.2. The van der Waals surface area contributed by atoms with Crippen molar-refractivity contribution in [3.8, 4) is 5.75 Å². The third-order valence-corrected chi connectivity index (χ3v) is 4.98. The molecule has 0 bridgehead atoms.